The summed E-state index contributed by atoms with van der Waals surface area (Å²) >= 11 is 0. The van der Waals surface area contributed by atoms with E-state index in [2.05, 4.69) is 5.32 Å². The van der Waals surface area contributed by atoms with Gasteiger partial charge in [-0.05, 0) is 12.0 Å². The smallest absolute Gasteiger partial charge is 0.381 e. The summed E-state index contributed by atoms with van der Waals surface area (Å²) in [6.45, 7) is 0.620. The Morgan fingerprint density at radius 1 is 1.35 bits per heavy atom. The first-order chi connectivity index (χ1) is 9.47. The first-order valence-electron chi connectivity index (χ1n) is 6.45. The third kappa shape index (κ3) is 3.96. The number of hydrogen-bond donors (Lipinski definition) is 1. The first kappa shape index (κ1) is 14.8. The number of nitrogens with one attached hydrogen (secondary N) is 1. The molecule has 1 aliphatic heterocycles. The number of rotatable bonds is 4. The fraction of sp³-hybridized carbons (Fsp3) is 0.500. The molecule has 0 spiro atoms. The van der Waals surface area contributed by atoms with Crippen LogP contribution in [0.5, 0.6) is 0 Å². The molecule has 1 amide bonds. The molecule has 1 aliphatic rings. The highest BCUT2D eigenvalue weighted by Gasteiger charge is 2.41. The van der Waals surface area contributed by atoms with E-state index in [1.165, 1.54) is 0 Å². The molecule has 110 valence electrons. The van der Waals surface area contributed by atoms with Crippen molar-refractivity contribution in [3.8, 4) is 0 Å². The van der Waals surface area contributed by atoms with Gasteiger partial charge in [0.1, 0.15) is 6.04 Å². The van der Waals surface area contributed by atoms with E-state index in [0.717, 1.165) is 0 Å². The van der Waals surface area contributed by atoms with E-state index in [1.54, 1.807) is 30.3 Å². The minimum absolute atomic E-state index is 0.196. The van der Waals surface area contributed by atoms with Gasteiger partial charge in [-0.3, -0.25) is 4.79 Å². The molecule has 0 aliphatic carbocycles. The number of alkyl halides is 3. The Labute approximate surface area is 115 Å². The molecule has 1 fully saturated rings. The van der Waals surface area contributed by atoms with E-state index >= 15 is 0 Å². The summed E-state index contributed by atoms with van der Waals surface area (Å²) in [6, 6.07) is 6.45. The van der Waals surface area contributed by atoms with Gasteiger partial charge in [-0.2, -0.15) is 13.2 Å². The lowest BCUT2D eigenvalue weighted by molar-refractivity contribution is -0.162. The van der Waals surface area contributed by atoms with Crippen LogP contribution in [0.2, 0.25) is 0 Å². The van der Waals surface area contributed by atoms with E-state index in [-0.39, 0.29) is 13.0 Å². The molecular formula is C14H16F3NO2. The maximum Gasteiger partial charge on any atom is 0.408 e. The molecule has 1 saturated heterocycles. The van der Waals surface area contributed by atoms with Crippen LogP contribution in [0.3, 0.4) is 0 Å². The number of benzene rings is 1. The van der Waals surface area contributed by atoms with Crippen molar-refractivity contribution in [1.29, 1.82) is 0 Å². The van der Waals surface area contributed by atoms with Crippen molar-refractivity contribution < 1.29 is 22.7 Å². The van der Waals surface area contributed by atoms with Crippen LogP contribution >= 0.6 is 0 Å². The third-order valence-corrected chi connectivity index (χ3v) is 3.29. The topological polar surface area (TPSA) is 38.3 Å². The lowest BCUT2D eigenvalue weighted by Crippen LogP contribution is -2.48. The fourth-order valence-electron chi connectivity index (χ4n) is 2.13. The molecule has 0 unspecified atom stereocenters. The molecule has 2 rings (SSSR count). The molecule has 2 atom stereocenters. The molecule has 0 saturated carbocycles. The van der Waals surface area contributed by atoms with Crippen LogP contribution in [0.25, 0.3) is 0 Å². The quantitative estimate of drug-likeness (QED) is 0.923. The van der Waals surface area contributed by atoms with Crippen LogP contribution in [0.4, 0.5) is 13.2 Å². The lowest BCUT2D eigenvalue weighted by Gasteiger charge is -2.23. The molecule has 0 bridgehead atoms. The molecule has 1 aromatic rings. The van der Waals surface area contributed by atoms with E-state index in [4.69, 9.17) is 4.74 Å². The summed E-state index contributed by atoms with van der Waals surface area (Å²) in [5.74, 6) is -1.06. The number of carbonyl (C=O) groups excluding carboxylic acids is 1. The van der Waals surface area contributed by atoms with E-state index in [9.17, 15) is 18.0 Å². The number of ether oxygens (including phenoxy) is 1. The summed E-state index contributed by atoms with van der Waals surface area (Å²) in [6.07, 6.45) is -4.25. The Balaban J connectivity index is 2.02. The highest BCUT2D eigenvalue weighted by atomic mass is 19.4. The molecular weight excluding hydrogens is 271 g/mol. The van der Waals surface area contributed by atoms with Gasteiger partial charge in [0.05, 0.1) is 12.5 Å². The van der Waals surface area contributed by atoms with Crippen LogP contribution < -0.4 is 5.32 Å². The summed E-state index contributed by atoms with van der Waals surface area (Å²) in [5, 5.41) is 2.10. The Hall–Kier alpha value is -1.56. The minimum Gasteiger partial charge on any atom is -0.381 e. The molecule has 0 aromatic heterocycles. The van der Waals surface area contributed by atoms with Crippen molar-refractivity contribution in [3.05, 3.63) is 35.9 Å². The Bertz CT molecular complexity index is 441. The van der Waals surface area contributed by atoms with Gasteiger partial charge in [-0.15, -0.1) is 0 Å². The number of amides is 1. The number of hydrogen-bond acceptors (Lipinski definition) is 2. The predicted octanol–water partition coefficient (Wildman–Crippen LogP) is 2.31. The Kier molecular flexibility index (Phi) is 4.65. The Morgan fingerprint density at radius 2 is 2.05 bits per heavy atom. The van der Waals surface area contributed by atoms with E-state index in [0.29, 0.717) is 18.6 Å². The molecule has 1 aromatic carbocycles. The largest absolute Gasteiger partial charge is 0.408 e. The van der Waals surface area contributed by atoms with Crippen LogP contribution in [0.1, 0.15) is 12.0 Å². The van der Waals surface area contributed by atoms with Gasteiger partial charge in [0.2, 0.25) is 5.91 Å². The van der Waals surface area contributed by atoms with Gasteiger partial charge < -0.3 is 10.1 Å². The zero-order chi connectivity index (χ0) is 14.6. The van der Waals surface area contributed by atoms with Crippen LogP contribution in [0, 0.1) is 5.92 Å². The van der Waals surface area contributed by atoms with Gasteiger partial charge in [0.15, 0.2) is 0 Å². The highest BCUT2D eigenvalue weighted by molar-refractivity contribution is 5.79. The van der Waals surface area contributed by atoms with Crippen molar-refractivity contribution in [2.24, 2.45) is 5.92 Å². The standard InChI is InChI=1S/C14H16F3NO2/c15-14(16,17)12(8-10-4-2-1-3-5-10)18-13(19)11-6-7-20-9-11/h1-5,11-12H,6-9H2,(H,18,19)/t11-,12-/m0/s1. The van der Waals surface area contributed by atoms with Gasteiger partial charge >= 0.3 is 6.18 Å². The zero-order valence-electron chi connectivity index (χ0n) is 10.8. The molecule has 1 heterocycles. The zero-order valence-corrected chi connectivity index (χ0v) is 10.8. The molecule has 0 radical (unpaired) electrons. The third-order valence-electron chi connectivity index (χ3n) is 3.29. The summed E-state index contributed by atoms with van der Waals surface area (Å²) in [5.41, 5.74) is 0.540. The number of halogens is 3. The van der Waals surface area contributed by atoms with Crippen LogP contribution in [-0.4, -0.2) is 31.3 Å². The van der Waals surface area contributed by atoms with E-state index in [1.807, 2.05) is 0 Å². The average molecular weight is 287 g/mol. The second kappa shape index (κ2) is 6.26. The predicted molar refractivity (Wildman–Crippen MR) is 67.1 cm³/mol. The lowest BCUT2D eigenvalue weighted by atomic mass is 10.0. The fourth-order valence-corrected chi connectivity index (χ4v) is 2.13. The maximum absolute atomic E-state index is 13.0. The van der Waals surface area contributed by atoms with Gasteiger partial charge in [0, 0.05) is 13.0 Å². The number of carbonyl (C=O) groups is 1. The van der Waals surface area contributed by atoms with Crippen molar-refractivity contribution in [2.45, 2.75) is 25.1 Å². The summed E-state index contributed by atoms with van der Waals surface area (Å²) < 4.78 is 44.0. The van der Waals surface area contributed by atoms with Gasteiger partial charge in [-0.1, -0.05) is 30.3 Å². The van der Waals surface area contributed by atoms with Crippen molar-refractivity contribution in [3.63, 3.8) is 0 Å². The van der Waals surface area contributed by atoms with Crippen molar-refractivity contribution in [2.75, 3.05) is 13.2 Å². The van der Waals surface area contributed by atoms with Gasteiger partial charge in [0.25, 0.3) is 0 Å². The second-order valence-electron chi connectivity index (χ2n) is 4.85. The second-order valence-corrected chi connectivity index (χ2v) is 4.85. The van der Waals surface area contributed by atoms with Gasteiger partial charge in [-0.25, -0.2) is 0 Å². The molecule has 6 heteroatoms. The Morgan fingerprint density at radius 3 is 2.60 bits per heavy atom. The summed E-state index contributed by atoms with van der Waals surface area (Å²) in [7, 11) is 0. The minimum atomic E-state index is -4.47. The normalized spacial score (nSPS) is 20.6. The first-order valence-corrected chi connectivity index (χ1v) is 6.45. The van der Waals surface area contributed by atoms with Crippen molar-refractivity contribution >= 4 is 5.91 Å². The maximum atomic E-state index is 13.0. The van der Waals surface area contributed by atoms with Crippen LogP contribution in [-0.2, 0) is 16.0 Å². The average Bonchev–Trinajstić information content (AvgIpc) is 2.92. The molecule has 1 N–H and O–H groups in total. The monoisotopic (exact) mass is 287 g/mol. The SMILES string of the molecule is O=C(N[C@@H](Cc1ccccc1)C(F)(F)F)[C@H]1CCOC1. The van der Waals surface area contributed by atoms with Crippen molar-refractivity contribution in [1.82, 2.24) is 5.32 Å². The highest BCUT2D eigenvalue weighted by Crippen LogP contribution is 2.24. The van der Waals surface area contributed by atoms with Crippen LogP contribution in [0.15, 0.2) is 30.3 Å². The molecule has 20 heavy (non-hydrogen) atoms. The molecule has 3 nitrogen and oxygen atoms in total. The summed E-state index contributed by atoms with van der Waals surface area (Å²) in [4.78, 5) is 11.8. The van der Waals surface area contributed by atoms with E-state index < -0.39 is 24.0 Å².